The van der Waals surface area contributed by atoms with Crippen LogP contribution in [0.25, 0.3) is 0 Å². The quantitative estimate of drug-likeness (QED) is 0.296. The van der Waals surface area contributed by atoms with Gasteiger partial charge in [0.1, 0.15) is 11.7 Å². The van der Waals surface area contributed by atoms with Crippen molar-refractivity contribution in [1.82, 2.24) is 10.6 Å². The molecular formula is C27H28N6O5S. The Hall–Kier alpha value is -4.55. The number of nitrogens with one attached hydrogen (secondary N) is 4. The molecule has 5 rings (SSSR count). The third kappa shape index (κ3) is 8.22. The van der Waals surface area contributed by atoms with Crippen molar-refractivity contribution in [3.8, 4) is 0 Å². The zero-order chi connectivity index (χ0) is 27.8. The number of nitrogens with zero attached hydrogens (tertiary/aromatic N) is 2. The molecule has 2 aliphatic heterocycles. The van der Waals surface area contributed by atoms with E-state index in [2.05, 4.69) is 31.3 Å². The molecule has 0 fully saturated rings. The van der Waals surface area contributed by atoms with Gasteiger partial charge in [0.2, 0.25) is 0 Å². The maximum absolute atomic E-state index is 12.7. The summed E-state index contributed by atoms with van der Waals surface area (Å²) in [7, 11) is -3.67. The van der Waals surface area contributed by atoms with Crippen LogP contribution in [0.3, 0.4) is 0 Å². The van der Waals surface area contributed by atoms with Crippen LogP contribution in [0.1, 0.15) is 31.8 Å². The highest BCUT2D eigenvalue weighted by Gasteiger charge is 2.13. The van der Waals surface area contributed by atoms with Crippen molar-refractivity contribution < 1.29 is 22.6 Å². The summed E-state index contributed by atoms with van der Waals surface area (Å²) in [5.41, 5.74) is 4.14. The first-order chi connectivity index (χ1) is 18.7. The van der Waals surface area contributed by atoms with Crippen molar-refractivity contribution in [2.75, 3.05) is 43.1 Å². The normalized spacial score (nSPS) is 14.1. The van der Waals surface area contributed by atoms with Crippen molar-refractivity contribution in [1.29, 1.82) is 0 Å². The van der Waals surface area contributed by atoms with Crippen molar-refractivity contribution >= 4 is 45.0 Å². The number of aliphatic imine (C=N–C) groups is 2. The molecule has 0 spiro atoms. The standard InChI is InChI=1S/C26H24N6O2.CH4O3S/c33-25(19-6-4-17(5-7-19)23-27-12-13-28-23)32-22-3-1-2-20(16-22)26(34)31-21-10-8-18(9-11-21)24-29-14-15-30-24;1-5(2,3)4/h1-11,16H,12-15H2,(H,27,28)(H,29,30)(H,31,34)(H,32,33);1H3,(H,2,3,4). The highest BCUT2D eigenvalue weighted by Crippen LogP contribution is 2.16. The molecule has 2 aliphatic rings. The highest BCUT2D eigenvalue weighted by atomic mass is 32.2. The molecule has 202 valence electrons. The molecule has 0 unspecified atom stereocenters. The number of carbonyl (C=O) groups excluding carboxylic acids is 2. The fourth-order valence-electron chi connectivity index (χ4n) is 3.82. The molecule has 0 aliphatic carbocycles. The predicted octanol–water partition coefficient (Wildman–Crippen LogP) is 2.39. The van der Waals surface area contributed by atoms with Crippen LogP contribution in [-0.4, -0.2) is 68.9 Å². The Balaban J connectivity index is 0.000000648. The van der Waals surface area contributed by atoms with E-state index >= 15 is 0 Å². The van der Waals surface area contributed by atoms with Gasteiger partial charge in [-0.05, 0) is 54.6 Å². The van der Waals surface area contributed by atoms with E-state index in [1.165, 1.54) is 0 Å². The minimum absolute atomic E-state index is 0.246. The third-order valence-electron chi connectivity index (χ3n) is 5.57. The SMILES string of the molecule is CS(=O)(=O)O.O=C(Nc1cccc(C(=O)Nc2ccc(C3=NCCN3)cc2)c1)c1ccc(C2=NCCN2)cc1. The van der Waals surface area contributed by atoms with Gasteiger partial charge in [0.05, 0.1) is 19.3 Å². The molecule has 12 heteroatoms. The van der Waals surface area contributed by atoms with Crippen molar-refractivity contribution in [2.45, 2.75) is 0 Å². The number of hydrogen-bond acceptors (Lipinski definition) is 8. The van der Waals surface area contributed by atoms with Crippen LogP contribution in [0.4, 0.5) is 11.4 Å². The van der Waals surface area contributed by atoms with Gasteiger partial charge in [0.15, 0.2) is 0 Å². The highest BCUT2D eigenvalue weighted by molar-refractivity contribution is 7.85. The Bertz CT molecular complexity index is 1510. The first-order valence-electron chi connectivity index (χ1n) is 12.1. The molecule has 3 aromatic carbocycles. The molecule has 2 amide bonds. The number of carbonyl (C=O) groups is 2. The second-order valence-corrected chi connectivity index (χ2v) is 10.2. The molecule has 3 aromatic rings. The lowest BCUT2D eigenvalue weighted by atomic mass is 10.1. The van der Waals surface area contributed by atoms with Crippen LogP contribution in [0.15, 0.2) is 82.8 Å². The average Bonchev–Trinajstić information content (AvgIpc) is 3.64. The molecule has 0 radical (unpaired) electrons. The lowest BCUT2D eigenvalue weighted by molar-refractivity contribution is 0.101. The van der Waals surface area contributed by atoms with Gasteiger partial charge < -0.3 is 21.3 Å². The van der Waals surface area contributed by atoms with E-state index < -0.39 is 10.1 Å². The maximum atomic E-state index is 12.7. The zero-order valence-electron chi connectivity index (χ0n) is 21.1. The first-order valence-corrected chi connectivity index (χ1v) is 13.9. The Labute approximate surface area is 226 Å². The molecular weight excluding hydrogens is 520 g/mol. The van der Waals surface area contributed by atoms with E-state index in [4.69, 9.17) is 4.55 Å². The maximum Gasteiger partial charge on any atom is 0.261 e. The summed E-state index contributed by atoms with van der Waals surface area (Å²) in [6.45, 7) is 3.22. The van der Waals surface area contributed by atoms with Gasteiger partial charge in [-0.15, -0.1) is 0 Å². The van der Waals surface area contributed by atoms with E-state index in [-0.39, 0.29) is 11.8 Å². The molecule has 39 heavy (non-hydrogen) atoms. The lowest BCUT2D eigenvalue weighted by Gasteiger charge is -2.10. The van der Waals surface area contributed by atoms with Gasteiger partial charge in [-0.2, -0.15) is 8.42 Å². The van der Waals surface area contributed by atoms with Crippen molar-refractivity contribution in [3.63, 3.8) is 0 Å². The number of amidine groups is 2. The Kier molecular flexibility index (Phi) is 8.69. The van der Waals surface area contributed by atoms with Gasteiger partial charge >= 0.3 is 0 Å². The van der Waals surface area contributed by atoms with Crippen LogP contribution in [0, 0.1) is 0 Å². The molecule has 5 N–H and O–H groups in total. The van der Waals surface area contributed by atoms with E-state index in [9.17, 15) is 18.0 Å². The average molecular weight is 549 g/mol. The zero-order valence-corrected chi connectivity index (χ0v) is 22.0. The predicted molar refractivity (Wildman–Crippen MR) is 152 cm³/mol. The van der Waals surface area contributed by atoms with Crippen molar-refractivity contribution in [2.24, 2.45) is 9.98 Å². The number of hydrogen-bond donors (Lipinski definition) is 5. The number of anilines is 2. The van der Waals surface area contributed by atoms with E-state index in [0.717, 1.165) is 49.0 Å². The minimum Gasteiger partial charge on any atom is -0.368 e. The fourth-order valence-corrected chi connectivity index (χ4v) is 3.82. The molecule has 0 bridgehead atoms. The van der Waals surface area contributed by atoms with E-state index in [0.29, 0.717) is 28.8 Å². The van der Waals surface area contributed by atoms with Crippen LogP contribution in [-0.2, 0) is 10.1 Å². The Morgan fingerprint density at radius 3 is 1.74 bits per heavy atom. The summed E-state index contributed by atoms with van der Waals surface area (Å²) in [5, 5.41) is 12.2. The van der Waals surface area contributed by atoms with Crippen LogP contribution >= 0.6 is 0 Å². The second-order valence-electron chi connectivity index (χ2n) is 8.69. The number of rotatable bonds is 6. The van der Waals surface area contributed by atoms with Gasteiger partial charge in [0, 0.05) is 46.7 Å². The summed E-state index contributed by atoms with van der Waals surface area (Å²) in [6, 6.07) is 21.7. The van der Waals surface area contributed by atoms with Crippen molar-refractivity contribution in [3.05, 3.63) is 95.1 Å². The minimum atomic E-state index is -3.67. The summed E-state index contributed by atoms with van der Waals surface area (Å²) >= 11 is 0. The summed E-state index contributed by atoms with van der Waals surface area (Å²) in [4.78, 5) is 34.2. The molecule has 0 saturated carbocycles. The van der Waals surface area contributed by atoms with Crippen LogP contribution in [0.5, 0.6) is 0 Å². The molecule has 0 aromatic heterocycles. The summed E-state index contributed by atoms with van der Waals surface area (Å²) in [5.74, 6) is 1.23. The third-order valence-corrected chi connectivity index (χ3v) is 5.57. The monoisotopic (exact) mass is 548 g/mol. The van der Waals surface area contributed by atoms with Gasteiger partial charge in [0.25, 0.3) is 21.9 Å². The molecule has 0 saturated heterocycles. The van der Waals surface area contributed by atoms with Gasteiger partial charge in [-0.3, -0.25) is 24.1 Å². The van der Waals surface area contributed by atoms with Gasteiger partial charge in [-0.25, -0.2) is 0 Å². The Morgan fingerprint density at radius 2 is 1.23 bits per heavy atom. The van der Waals surface area contributed by atoms with E-state index in [1.54, 1.807) is 36.4 Å². The van der Waals surface area contributed by atoms with Crippen LogP contribution in [0.2, 0.25) is 0 Å². The number of amides is 2. The summed E-state index contributed by atoms with van der Waals surface area (Å²) < 4.78 is 25.9. The molecule has 0 atom stereocenters. The van der Waals surface area contributed by atoms with E-state index in [1.807, 2.05) is 36.4 Å². The van der Waals surface area contributed by atoms with Gasteiger partial charge in [-0.1, -0.05) is 18.2 Å². The first kappa shape index (κ1) is 27.5. The smallest absolute Gasteiger partial charge is 0.261 e. The van der Waals surface area contributed by atoms with Crippen LogP contribution < -0.4 is 21.3 Å². The summed E-state index contributed by atoms with van der Waals surface area (Å²) in [6.07, 6.45) is 0.715. The topological polar surface area (TPSA) is 161 Å². The largest absolute Gasteiger partial charge is 0.368 e. The Morgan fingerprint density at radius 1 is 0.744 bits per heavy atom. The second kappa shape index (κ2) is 12.3. The molecule has 11 nitrogen and oxygen atoms in total. The lowest BCUT2D eigenvalue weighted by Crippen LogP contribution is -2.19. The number of benzene rings is 3. The molecule has 2 heterocycles. The fraction of sp³-hybridized carbons (Fsp3) is 0.185.